The molecule has 5 heteroatoms. The van der Waals surface area contributed by atoms with Crippen molar-refractivity contribution >= 4 is 17.3 Å². The van der Waals surface area contributed by atoms with Crippen molar-refractivity contribution in [1.29, 1.82) is 0 Å². The van der Waals surface area contributed by atoms with Gasteiger partial charge in [-0.3, -0.25) is 0 Å². The predicted molar refractivity (Wildman–Crippen MR) is 76.8 cm³/mol. The zero-order chi connectivity index (χ0) is 14.6. The van der Waals surface area contributed by atoms with Crippen molar-refractivity contribution in [2.45, 2.75) is 5.92 Å². The van der Waals surface area contributed by atoms with Gasteiger partial charge in [0.15, 0.2) is 0 Å². The van der Waals surface area contributed by atoms with Gasteiger partial charge < -0.3 is 10.1 Å². The molecule has 0 aliphatic heterocycles. The molecule has 0 aliphatic carbocycles. The second kappa shape index (κ2) is 6.09. The minimum Gasteiger partial charge on any atom is -0.495 e. The molecule has 0 atom stereocenters. The van der Waals surface area contributed by atoms with Crippen molar-refractivity contribution < 1.29 is 13.5 Å². The van der Waals surface area contributed by atoms with E-state index in [0.29, 0.717) is 16.5 Å². The third-order valence-electron chi connectivity index (χ3n) is 2.86. The van der Waals surface area contributed by atoms with Crippen LogP contribution in [0.4, 0.5) is 14.5 Å². The highest BCUT2D eigenvalue weighted by atomic mass is 35.5. The summed E-state index contributed by atoms with van der Waals surface area (Å²) in [6.07, 6.45) is 0. The van der Waals surface area contributed by atoms with Crippen LogP contribution in [0.15, 0.2) is 48.5 Å². The molecule has 106 valence electrons. The summed E-state index contributed by atoms with van der Waals surface area (Å²) in [5.74, 6) is -2.51. The second-order valence-corrected chi connectivity index (χ2v) is 4.71. The third-order valence-corrected chi connectivity index (χ3v) is 3.09. The van der Waals surface area contributed by atoms with E-state index in [0.717, 1.165) is 0 Å². The van der Waals surface area contributed by atoms with Gasteiger partial charge in [0.25, 0.3) is 5.92 Å². The Morgan fingerprint density at radius 1 is 1.15 bits per heavy atom. The fraction of sp³-hybridized carbons (Fsp3) is 0.200. The molecular formula is C15H14ClF2NO. The lowest BCUT2D eigenvalue weighted by molar-refractivity contribution is 0.0106. The average molecular weight is 298 g/mol. The van der Waals surface area contributed by atoms with Crippen molar-refractivity contribution in [1.82, 2.24) is 0 Å². The van der Waals surface area contributed by atoms with Crippen molar-refractivity contribution in [3.05, 3.63) is 59.1 Å². The molecule has 0 aliphatic rings. The monoisotopic (exact) mass is 297 g/mol. The molecule has 0 bridgehead atoms. The van der Waals surface area contributed by atoms with Crippen LogP contribution in [0, 0.1) is 0 Å². The Kier molecular flexibility index (Phi) is 4.45. The van der Waals surface area contributed by atoms with Gasteiger partial charge in [0.2, 0.25) is 0 Å². The van der Waals surface area contributed by atoms with E-state index in [1.54, 1.807) is 36.4 Å². The Morgan fingerprint density at radius 2 is 1.85 bits per heavy atom. The molecule has 0 saturated carbocycles. The van der Waals surface area contributed by atoms with Gasteiger partial charge >= 0.3 is 0 Å². The number of rotatable bonds is 5. The fourth-order valence-electron chi connectivity index (χ4n) is 1.81. The number of hydrogen-bond acceptors (Lipinski definition) is 2. The molecule has 2 aromatic carbocycles. The van der Waals surface area contributed by atoms with E-state index in [1.165, 1.54) is 19.2 Å². The van der Waals surface area contributed by atoms with Crippen LogP contribution in [0.5, 0.6) is 5.75 Å². The fourth-order valence-corrected chi connectivity index (χ4v) is 1.98. The van der Waals surface area contributed by atoms with Gasteiger partial charge in [0, 0.05) is 10.6 Å². The van der Waals surface area contributed by atoms with Crippen molar-refractivity contribution in [3.63, 3.8) is 0 Å². The van der Waals surface area contributed by atoms with Crippen LogP contribution < -0.4 is 10.1 Å². The summed E-state index contributed by atoms with van der Waals surface area (Å²) >= 11 is 5.86. The highest BCUT2D eigenvalue weighted by molar-refractivity contribution is 6.30. The Morgan fingerprint density at radius 3 is 2.50 bits per heavy atom. The number of benzene rings is 2. The molecule has 0 spiro atoms. The van der Waals surface area contributed by atoms with Crippen LogP contribution in [-0.4, -0.2) is 13.7 Å². The summed E-state index contributed by atoms with van der Waals surface area (Å²) in [4.78, 5) is 0. The summed E-state index contributed by atoms with van der Waals surface area (Å²) < 4.78 is 33.2. The molecule has 20 heavy (non-hydrogen) atoms. The number of ether oxygens (including phenoxy) is 1. The minimum atomic E-state index is -2.98. The molecule has 0 saturated heterocycles. The number of halogens is 3. The van der Waals surface area contributed by atoms with Crippen molar-refractivity contribution in [2.24, 2.45) is 0 Å². The average Bonchev–Trinajstić information content (AvgIpc) is 2.46. The van der Waals surface area contributed by atoms with E-state index in [2.05, 4.69) is 5.32 Å². The van der Waals surface area contributed by atoms with Crippen molar-refractivity contribution in [2.75, 3.05) is 19.0 Å². The standard InChI is InChI=1S/C15H14ClF2NO/c1-20-14-8-7-12(16)9-13(14)19-10-15(17,18)11-5-3-2-4-6-11/h2-9,19H,10H2,1H3. The Balaban J connectivity index is 2.14. The first-order valence-corrected chi connectivity index (χ1v) is 6.41. The maximum Gasteiger partial charge on any atom is 0.290 e. The van der Waals surface area contributed by atoms with E-state index in [9.17, 15) is 8.78 Å². The molecule has 0 heterocycles. The SMILES string of the molecule is COc1ccc(Cl)cc1NCC(F)(F)c1ccccc1. The number of alkyl halides is 2. The number of methoxy groups -OCH3 is 1. The summed E-state index contributed by atoms with van der Waals surface area (Å²) in [7, 11) is 1.48. The van der Waals surface area contributed by atoms with Gasteiger partial charge in [-0.15, -0.1) is 0 Å². The van der Waals surface area contributed by atoms with Crippen molar-refractivity contribution in [3.8, 4) is 5.75 Å². The Labute approximate surface area is 121 Å². The van der Waals surface area contributed by atoms with E-state index in [-0.39, 0.29) is 5.56 Å². The molecule has 2 rings (SSSR count). The van der Waals surface area contributed by atoms with E-state index in [1.807, 2.05) is 0 Å². The molecule has 2 aromatic rings. The van der Waals surface area contributed by atoms with Crippen LogP contribution in [0.25, 0.3) is 0 Å². The zero-order valence-corrected chi connectivity index (χ0v) is 11.6. The highest BCUT2D eigenvalue weighted by Crippen LogP contribution is 2.32. The lowest BCUT2D eigenvalue weighted by atomic mass is 10.1. The first-order chi connectivity index (χ1) is 9.53. The first kappa shape index (κ1) is 14.6. The molecule has 0 unspecified atom stereocenters. The Bertz CT molecular complexity index is 575. The van der Waals surface area contributed by atoms with Gasteiger partial charge in [-0.25, -0.2) is 0 Å². The third kappa shape index (κ3) is 3.39. The number of anilines is 1. The number of nitrogens with one attached hydrogen (secondary N) is 1. The topological polar surface area (TPSA) is 21.3 Å². The van der Waals surface area contributed by atoms with Gasteiger partial charge in [0.05, 0.1) is 19.3 Å². The van der Waals surface area contributed by atoms with Crippen LogP contribution >= 0.6 is 11.6 Å². The summed E-state index contributed by atoms with van der Waals surface area (Å²) in [6.45, 7) is -0.534. The lowest BCUT2D eigenvalue weighted by Gasteiger charge is -2.19. The molecule has 0 radical (unpaired) electrons. The van der Waals surface area contributed by atoms with Crippen LogP contribution in [0.3, 0.4) is 0 Å². The zero-order valence-electron chi connectivity index (χ0n) is 10.9. The number of hydrogen-bond donors (Lipinski definition) is 1. The largest absolute Gasteiger partial charge is 0.495 e. The molecule has 0 amide bonds. The smallest absolute Gasteiger partial charge is 0.290 e. The van der Waals surface area contributed by atoms with E-state index in [4.69, 9.17) is 16.3 Å². The lowest BCUT2D eigenvalue weighted by Crippen LogP contribution is -2.24. The summed E-state index contributed by atoms with van der Waals surface area (Å²) in [6, 6.07) is 12.5. The van der Waals surface area contributed by atoms with Crippen LogP contribution in [-0.2, 0) is 5.92 Å². The second-order valence-electron chi connectivity index (χ2n) is 4.27. The predicted octanol–water partition coefficient (Wildman–Crippen LogP) is 4.55. The highest BCUT2D eigenvalue weighted by Gasteiger charge is 2.31. The van der Waals surface area contributed by atoms with E-state index < -0.39 is 12.5 Å². The van der Waals surface area contributed by atoms with Crippen LogP contribution in [0.1, 0.15) is 5.56 Å². The normalized spacial score (nSPS) is 11.2. The van der Waals surface area contributed by atoms with E-state index >= 15 is 0 Å². The molecular weight excluding hydrogens is 284 g/mol. The summed E-state index contributed by atoms with van der Waals surface area (Å²) in [5.41, 5.74) is 0.407. The maximum atomic E-state index is 14.0. The van der Waals surface area contributed by atoms with Gasteiger partial charge in [0.1, 0.15) is 5.75 Å². The van der Waals surface area contributed by atoms with Gasteiger partial charge in [-0.05, 0) is 18.2 Å². The summed E-state index contributed by atoms with van der Waals surface area (Å²) in [5, 5.41) is 3.14. The molecule has 2 nitrogen and oxygen atoms in total. The maximum absolute atomic E-state index is 14.0. The Hall–Kier alpha value is -1.81. The minimum absolute atomic E-state index is 0.0338. The van der Waals surface area contributed by atoms with Crippen LogP contribution in [0.2, 0.25) is 5.02 Å². The molecule has 0 aromatic heterocycles. The van der Waals surface area contributed by atoms with Gasteiger partial charge in [-0.2, -0.15) is 8.78 Å². The molecule has 0 fully saturated rings. The quantitative estimate of drug-likeness (QED) is 0.874. The molecule has 1 N–H and O–H groups in total. The van der Waals surface area contributed by atoms with Gasteiger partial charge in [-0.1, -0.05) is 41.9 Å². The first-order valence-electron chi connectivity index (χ1n) is 6.04.